The maximum Gasteiger partial charge on any atom is 0.323 e. The number of urea groups is 1. The van der Waals surface area contributed by atoms with Crippen LogP contribution in [0, 0.1) is 6.92 Å². The summed E-state index contributed by atoms with van der Waals surface area (Å²) in [5.41, 5.74) is 3.17. The normalized spacial score (nSPS) is 15.1. The van der Waals surface area contributed by atoms with E-state index < -0.39 is 5.97 Å². The largest absolute Gasteiger partial charge is 0.481 e. The third kappa shape index (κ3) is 6.26. The Balaban J connectivity index is 1.32. The number of aryl methyl sites for hydroxylation is 2. The SMILES string of the molecule is Cc1ccccc1NC(=O)Nc1ccc(CC(=O)N2CCCC2c2ncc(CCC(=O)O)o2)cc1. The standard InChI is InChI=1S/C26H28N4O5/c1-17-5-2-3-6-21(17)29-26(34)28-19-10-8-18(9-11-19)15-23(31)30-14-4-7-22(30)25-27-16-20(35-25)12-13-24(32)33/h2-3,5-6,8-11,16,22H,4,7,12-15H2,1H3,(H,32,33)(H2,28,29,34). The minimum Gasteiger partial charge on any atom is -0.481 e. The van der Waals surface area contributed by atoms with Gasteiger partial charge in [0, 0.05) is 24.3 Å². The fraction of sp³-hybridized carbons (Fsp3) is 0.308. The van der Waals surface area contributed by atoms with Crippen molar-refractivity contribution >= 4 is 29.3 Å². The van der Waals surface area contributed by atoms with Crippen LogP contribution in [-0.2, 0) is 22.4 Å². The predicted octanol–water partition coefficient (Wildman–Crippen LogP) is 4.55. The van der Waals surface area contributed by atoms with E-state index in [-0.39, 0.29) is 37.2 Å². The number of nitrogens with one attached hydrogen (secondary N) is 2. The molecule has 9 nitrogen and oxygen atoms in total. The van der Waals surface area contributed by atoms with Crippen LogP contribution < -0.4 is 10.6 Å². The molecule has 2 heterocycles. The van der Waals surface area contributed by atoms with E-state index in [1.54, 1.807) is 23.2 Å². The Morgan fingerprint density at radius 1 is 1.11 bits per heavy atom. The van der Waals surface area contributed by atoms with Gasteiger partial charge in [0.1, 0.15) is 11.8 Å². The van der Waals surface area contributed by atoms with Crippen LogP contribution in [0.3, 0.4) is 0 Å². The van der Waals surface area contributed by atoms with Crippen LogP contribution in [0.5, 0.6) is 0 Å². The number of para-hydroxylation sites is 1. The Kier molecular flexibility index (Phi) is 7.45. The number of benzene rings is 2. The smallest absolute Gasteiger partial charge is 0.323 e. The van der Waals surface area contributed by atoms with Crippen LogP contribution in [0.15, 0.2) is 59.1 Å². The molecule has 1 aliphatic rings. The molecule has 35 heavy (non-hydrogen) atoms. The Morgan fingerprint density at radius 2 is 1.89 bits per heavy atom. The van der Waals surface area contributed by atoms with Gasteiger partial charge in [0.15, 0.2) is 0 Å². The van der Waals surface area contributed by atoms with Gasteiger partial charge in [-0.2, -0.15) is 0 Å². The lowest BCUT2D eigenvalue weighted by atomic mass is 10.1. The summed E-state index contributed by atoms with van der Waals surface area (Å²) in [6, 6.07) is 14.1. The molecule has 1 unspecified atom stereocenters. The number of aliphatic carboxylic acids is 1. The van der Waals surface area contributed by atoms with Crippen molar-refractivity contribution in [3.05, 3.63) is 77.5 Å². The first kappa shape index (κ1) is 24.0. The summed E-state index contributed by atoms with van der Waals surface area (Å²) in [6.45, 7) is 2.54. The van der Waals surface area contributed by atoms with Gasteiger partial charge < -0.3 is 25.1 Å². The number of oxazole rings is 1. The Morgan fingerprint density at radius 3 is 2.63 bits per heavy atom. The van der Waals surface area contributed by atoms with E-state index in [2.05, 4.69) is 15.6 Å². The zero-order valence-corrected chi connectivity index (χ0v) is 19.5. The molecule has 0 radical (unpaired) electrons. The fourth-order valence-corrected chi connectivity index (χ4v) is 4.12. The van der Waals surface area contributed by atoms with E-state index in [0.717, 1.165) is 29.7 Å². The van der Waals surface area contributed by atoms with Crippen LogP contribution in [0.1, 0.15) is 48.1 Å². The molecule has 1 fully saturated rings. The van der Waals surface area contributed by atoms with Gasteiger partial charge in [-0.15, -0.1) is 0 Å². The summed E-state index contributed by atoms with van der Waals surface area (Å²) in [7, 11) is 0. The van der Waals surface area contributed by atoms with Crippen molar-refractivity contribution in [2.24, 2.45) is 0 Å². The first-order valence-electron chi connectivity index (χ1n) is 11.6. The van der Waals surface area contributed by atoms with E-state index in [0.29, 0.717) is 23.9 Å². The second-order valence-electron chi connectivity index (χ2n) is 8.57. The number of nitrogens with zero attached hydrogens (tertiary/aromatic N) is 2. The molecule has 1 aromatic heterocycles. The molecule has 3 N–H and O–H groups in total. The summed E-state index contributed by atoms with van der Waals surface area (Å²) < 4.78 is 5.74. The number of hydrogen-bond donors (Lipinski definition) is 3. The fourth-order valence-electron chi connectivity index (χ4n) is 4.12. The molecule has 2 aromatic carbocycles. The van der Waals surface area contributed by atoms with E-state index >= 15 is 0 Å². The van der Waals surface area contributed by atoms with Gasteiger partial charge in [-0.3, -0.25) is 9.59 Å². The molecule has 182 valence electrons. The maximum atomic E-state index is 13.0. The lowest BCUT2D eigenvalue weighted by molar-refractivity contribution is -0.137. The van der Waals surface area contributed by atoms with Crippen molar-refractivity contribution in [2.45, 2.75) is 45.1 Å². The molecular formula is C26H28N4O5. The van der Waals surface area contributed by atoms with Crippen LogP contribution in [0.25, 0.3) is 0 Å². The van der Waals surface area contributed by atoms with Crippen LogP contribution in [0.4, 0.5) is 16.2 Å². The number of likely N-dealkylation sites (tertiary alicyclic amines) is 1. The van der Waals surface area contributed by atoms with Gasteiger partial charge in [0.05, 0.1) is 19.0 Å². The third-order valence-corrected chi connectivity index (χ3v) is 5.98. The highest BCUT2D eigenvalue weighted by atomic mass is 16.4. The van der Waals surface area contributed by atoms with Crippen LogP contribution in [-0.4, -0.2) is 39.4 Å². The highest BCUT2D eigenvalue weighted by Crippen LogP contribution is 2.32. The maximum absolute atomic E-state index is 13.0. The van der Waals surface area contributed by atoms with Gasteiger partial charge in [-0.05, 0) is 49.1 Å². The predicted molar refractivity (Wildman–Crippen MR) is 130 cm³/mol. The third-order valence-electron chi connectivity index (χ3n) is 5.98. The minimum absolute atomic E-state index is 0.0274. The van der Waals surface area contributed by atoms with Gasteiger partial charge >= 0.3 is 12.0 Å². The molecule has 0 spiro atoms. The zero-order chi connectivity index (χ0) is 24.8. The number of carbonyl (C=O) groups is 3. The number of amides is 3. The van der Waals surface area contributed by atoms with Crippen molar-refractivity contribution in [1.29, 1.82) is 0 Å². The van der Waals surface area contributed by atoms with Crippen molar-refractivity contribution in [1.82, 2.24) is 9.88 Å². The number of anilines is 2. The number of carboxylic acid groups (broad SMARTS) is 1. The van der Waals surface area contributed by atoms with Gasteiger partial charge in [0.25, 0.3) is 0 Å². The van der Waals surface area contributed by atoms with Gasteiger partial charge in [-0.1, -0.05) is 30.3 Å². The molecule has 1 saturated heterocycles. The first-order chi connectivity index (χ1) is 16.9. The lowest BCUT2D eigenvalue weighted by Gasteiger charge is -2.22. The molecule has 3 aromatic rings. The molecule has 4 rings (SSSR count). The summed E-state index contributed by atoms with van der Waals surface area (Å²) in [6.07, 6.45) is 3.61. The van der Waals surface area contributed by atoms with Crippen molar-refractivity contribution < 1.29 is 23.9 Å². The molecule has 1 aliphatic heterocycles. The Labute approximate surface area is 203 Å². The van der Waals surface area contributed by atoms with Crippen LogP contribution >= 0.6 is 0 Å². The van der Waals surface area contributed by atoms with Crippen molar-refractivity contribution in [3.8, 4) is 0 Å². The van der Waals surface area contributed by atoms with Crippen LogP contribution in [0.2, 0.25) is 0 Å². The number of carbonyl (C=O) groups excluding carboxylic acids is 2. The number of carboxylic acids is 1. The second kappa shape index (κ2) is 10.9. The Hall–Kier alpha value is -4.14. The molecule has 0 saturated carbocycles. The summed E-state index contributed by atoms with van der Waals surface area (Å²) in [4.78, 5) is 42.1. The van der Waals surface area contributed by atoms with E-state index in [1.807, 2.05) is 43.3 Å². The highest BCUT2D eigenvalue weighted by molar-refractivity contribution is 6.00. The number of hydrogen-bond acceptors (Lipinski definition) is 5. The minimum atomic E-state index is -0.895. The average Bonchev–Trinajstić information content (AvgIpc) is 3.50. The quantitative estimate of drug-likeness (QED) is 0.438. The van der Waals surface area contributed by atoms with Gasteiger partial charge in [-0.25, -0.2) is 9.78 Å². The second-order valence-corrected chi connectivity index (χ2v) is 8.57. The number of aromatic nitrogens is 1. The van der Waals surface area contributed by atoms with E-state index in [9.17, 15) is 14.4 Å². The molecule has 0 aliphatic carbocycles. The summed E-state index contributed by atoms with van der Waals surface area (Å²) >= 11 is 0. The molecule has 3 amide bonds. The van der Waals surface area contributed by atoms with Crippen molar-refractivity contribution in [3.63, 3.8) is 0 Å². The Bertz CT molecular complexity index is 1200. The van der Waals surface area contributed by atoms with E-state index in [1.165, 1.54) is 0 Å². The van der Waals surface area contributed by atoms with Crippen molar-refractivity contribution in [2.75, 3.05) is 17.2 Å². The average molecular weight is 477 g/mol. The lowest BCUT2D eigenvalue weighted by Crippen LogP contribution is -2.32. The number of rotatable bonds is 8. The molecular weight excluding hydrogens is 448 g/mol. The van der Waals surface area contributed by atoms with Gasteiger partial charge in [0.2, 0.25) is 11.8 Å². The first-order valence-corrected chi connectivity index (χ1v) is 11.6. The highest BCUT2D eigenvalue weighted by Gasteiger charge is 2.33. The summed E-state index contributed by atoms with van der Waals surface area (Å²) in [5.74, 6) is 0.0382. The molecule has 0 bridgehead atoms. The summed E-state index contributed by atoms with van der Waals surface area (Å²) in [5, 5.41) is 14.5. The topological polar surface area (TPSA) is 125 Å². The molecule has 9 heteroatoms. The zero-order valence-electron chi connectivity index (χ0n) is 19.5. The monoisotopic (exact) mass is 476 g/mol. The van der Waals surface area contributed by atoms with E-state index in [4.69, 9.17) is 9.52 Å². The molecule has 1 atom stereocenters.